The van der Waals surface area contributed by atoms with E-state index < -0.39 is 38.2 Å². The Morgan fingerprint density at radius 2 is 1.53 bits per heavy atom. The summed E-state index contributed by atoms with van der Waals surface area (Å²) in [7, 11) is -2.76. The normalized spacial score (nSPS) is 29.6. The van der Waals surface area contributed by atoms with Crippen molar-refractivity contribution in [1.82, 2.24) is 0 Å². The molecule has 0 radical (unpaired) electrons. The molecule has 1 N–H and O–H groups in total. The molecule has 4 rings (SSSR count). The molecule has 6 heteroatoms. The highest BCUT2D eigenvalue weighted by Crippen LogP contribution is 2.44. The minimum atomic E-state index is -2.76. The lowest BCUT2D eigenvalue weighted by atomic mass is 9.93. The van der Waals surface area contributed by atoms with Crippen molar-refractivity contribution in [3.8, 4) is 0 Å². The minimum Gasteiger partial charge on any atom is -0.405 e. The van der Waals surface area contributed by atoms with Crippen LogP contribution >= 0.6 is 0 Å². The first-order chi connectivity index (χ1) is 15.0. The first-order valence-corrected chi connectivity index (χ1v) is 13.1. The van der Waals surface area contributed by atoms with Crippen LogP contribution in [0.2, 0.25) is 5.04 Å². The third kappa shape index (κ3) is 3.79. The Balaban J connectivity index is 1.71. The molecule has 2 aliphatic rings. The monoisotopic (exact) mass is 454 g/mol. The molecule has 172 valence electrons. The maximum absolute atomic E-state index is 11.5. The maximum Gasteiger partial charge on any atom is 0.261 e. The fourth-order valence-corrected chi connectivity index (χ4v) is 9.54. The zero-order valence-corrected chi connectivity index (χ0v) is 20.6. The predicted octanol–water partition coefficient (Wildman–Crippen LogP) is 3.36. The van der Waals surface area contributed by atoms with Gasteiger partial charge in [0, 0.05) is 0 Å². The van der Waals surface area contributed by atoms with E-state index in [2.05, 4.69) is 75.9 Å². The number of hydrogen-bond donors (Lipinski definition) is 1. The standard InChI is InChI=1S/C26H34O5Si/c1-7-26(27)21(29-23-22(26)30-25(5,6)31-23)18-28-32(24(2,3)4,19-14-10-8-11-15-19)20-16-12-9-13-17-20/h7-17,21-23,27H,1,18H2,2-6H3/t21-,22+,23-,26-/m0/s1. The molecule has 0 aliphatic carbocycles. The largest absolute Gasteiger partial charge is 0.405 e. The molecule has 0 unspecified atom stereocenters. The van der Waals surface area contributed by atoms with Crippen LogP contribution in [-0.2, 0) is 18.6 Å². The summed E-state index contributed by atoms with van der Waals surface area (Å²) >= 11 is 0. The molecule has 0 bridgehead atoms. The zero-order valence-electron chi connectivity index (χ0n) is 19.6. The second-order valence-corrected chi connectivity index (χ2v) is 14.4. The molecule has 2 aromatic rings. The molecule has 2 aliphatic heterocycles. The lowest BCUT2D eigenvalue weighted by molar-refractivity contribution is -0.226. The van der Waals surface area contributed by atoms with Gasteiger partial charge >= 0.3 is 0 Å². The van der Waals surface area contributed by atoms with Crippen LogP contribution in [0.1, 0.15) is 34.6 Å². The van der Waals surface area contributed by atoms with Crippen molar-refractivity contribution in [2.45, 2.75) is 69.5 Å². The molecule has 0 saturated carbocycles. The topological polar surface area (TPSA) is 57.2 Å². The van der Waals surface area contributed by atoms with Crippen LogP contribution in [0.5, 0.6) is 0 Å². The van der Waals surface area contributed by atoms with Gasteiger partial charge in [0.2, 0.25) is 0 Å². The summed E-state index contributed by atoms with van der Waals surface area (Å²) in [5.41, 5.74) is -1.41. The van der Waals surface area contributed by atoms with Crippen molar-refractivity contribution in [2.24, 2.45) is 0 Å². The van der Waals surface area contributed by atoms with Crippen molar-refractivity contribution >= 4 is 18.7 Å². The van der Waals surface area contributed by atoms with E-state index in [1.54, 1.807) is 0 Å². The predicted molar refractivity (Wildman–Crippen MR) is 127 cm³/mol. The molecule has 0 spiro atoms. The van der Waals surface area contributed by atoms with Gasteiger partial charge in [0.1, 0.15) is 17.8 Å². The van der Waals surface area contributed by atoms with Gasteiger partial charge in [0.05, 0.1) is 6.61 Å². The Morgan fingerprint density at radius 1 is 1.00 bits per heavy atom. The van der Waals surface area contributed by atoms with Crippen molar-refractivity contribution in [2.75, 3.05) is 6.61 Å². The Labute approximate surface area is 192 Å². The van der Waals surface area contributed by atoms with E-state index in [0.29, 0.717) is 0 Å². The van der Waals surface area contributed by atoms with E-state index in [1.165, 1.54) is 16.4 Å². The van der Waals surface area contributed by atoms with Gasteiger partial charge in [0.25, 0.3) is 8.32 Å². The summed E-state index contributed by atoms with van der Waals surface area (Å²) in [6.07, 6.45) is -0.474. The van der Waals surface area contributed by atoms with Gasteiger partial charge in [0.15, 0.2) is 12.1 Å². The van der Waals surface area contributed by atoms with Crippen molar-refractivity contribution < 1.29 is 23.7 Å². The van der Waals surface area contributed by atoms with E-state index >= 15 is 0 Å². The summed E-state index contributed by atoms with van der Waals surface area (Å²) in [6, 6.07) is 20.8. The Bertz CT molecular complexity index is 900. The lowest BCUT2D eigenvalue weighted by Crippen LogP contribution is -2.67. The van der Waals surface area contributed by atoms with Gasteiger partial charge in [-0.05, 0) is 29.3 Å². The summed E-state index contributed by atoms with van der Waals surface area (Å²) in [5, 5.41) is 13.7. The molecule has 32 heavy (non-hydrogen) atoms. The number of benzene rings is 2. The molecule has 0 amide bonds. The number of aliphatic hydroxyl groups is 1. The van der Waals surface area contributed by atoms with Crippen LogP contribution in [0.4, 0.5) is 0 Å². The quantitative estimate of drug-likeness (QED) is 0.536. The first kappa shape index (κ1) is 23.4. The second-order valence-electron chi connectivity index (χ2n) is 10.1. The molecular weight excluding hydrogens is 420 g/mol. The third-order valence-corrected chi connectivity index (χ3v) is 11.5. The summed E-state index contributed by atoms with van der Waals surface area (Å²) in [6.45, 7) is 14.3. The van der Waals surface area contributed by atoms with Crippen LogP contribution in [-0.4, -0.2) is 49.9 Å². The van der Waals surface area contributed by atoms with Crippen LogP contribution in [0.3, 0.4) is 0 Å². The highest BCUT2D eigenvalue weighted by molar-refractivity contribution is 6.99. The van der Waals surface area contributed by atoms with Crippen molar-refractivity contribution in [3.05, 3.63) is 73.3 Å². The highest BCUT2D eigenvalue weighted by atomic mass is 28.4. The number of fused-ring (bicyclic) bond motifs is 1. The van der Waals surface area contributed by atoms with Gasteiger partial charge in [-0.15, -0.1) is 6.58 Å². The molecule has 2 saturated heterocycles. The smallest absolute Gasteiger partial charge is 0.261 e. The maximum atomic E-state index is 11.5. The Kier molecular flexibility index (Phi) is 5.99. The van der Waals surface area contributed by atoms with Gasteiger partial charge in [-0.25, -0.2) is 0 Å². The molecule has 2 aromatic carbocycles. The highest BCUT2D eigenvalue weighted by Gasteiger charge is 2.62. The van der Waals surface area contributed by atoms with E-state index in [0.717, 1.165) is 0 Å². The lowest BCUT2D eigenvalue weighted by Gasteiger charge is -2.44. The van der Waals surface area contributed by atoms with E-state index in [-0.39, 0.29) is 11.6 Å². The Morgan fingerprint density at radius 3 is 2.00 bits per heavy atom. The van der Waals surface area contributed by atoms with Crippen LogP contribution in [0, 0.1) is 0 Å². The van der Waals surface area contributed by atoms with Crippen LogP contribution in [0.25, 0.3) is 0 Å². The molecular formula is C26H34O5Si. The fraction of sp³-hybridized carbons (Fsp3) is 0.462. The third-order valence-electron chi connectivity index (χ3n) is 6.52. The van der Waals surface area contributed by atoms with Gasteiger partial charge < -0.3 is 23.7 Å². The number of rotatable bonds is 6. The van der Waals surface area contributed by atoms with E-state index in [1.807, 2.05) is 26.0 Å². The molecule has 2 fully saturated rings. The summed E-state index contributed by atoms with van der Waals surface area (Å²) < 4.78 is 24.9. The van der Waals surface area contributed by atoms with Crippen LogP contribution < -0.4 is 10.4 Å². The van der Waals surface area contributed by atoms with Gasteiger partial charge in [-0.3, -0.25) is 0 Å². The molecule has 2 heterocycles. The average molecular weight is 455 g/mol. The van der Waals surface area contributed by atoms with Gasteiger partial charge in [-0.2, -0.15) is 0 Å². The number of ether oxygens (including phenoxy) is 3. The first-order valence-electron chi connectivity index (χ1n) is 11.2. The van der Waals surface area contributed by atoms with Crippen molar-refractivity contribution in [1.29, 1.82) is 0 Å². The molecule has 5 nitrogen and oxygen atoms in total. The zero-order chi connectivity index (χ0) is 23.2. The van der Waals surface area contributed by atoms with Crippen LogP contribution in [0.15, 0.2) is 73.3 Å². The van der Waals surface area contributed by atoms with E-state index in [4.69, 9.17) is 18.6 Å². The van der Waals surface area contributed by atoms with E-state index in [9.17, 15) is 5.11 Å². The Hall–Kier alpha value is -1.80. The average Bonchev–Trinajstić information content (AvgIpc) is 3.19. The molecule has 0 aromatic heterocycles. The SMILES string of the molecule is C=C[C@]1(O)[C@H](CO[Si](c2ccccc2)(c2ccccc2)C(C)(C)C)O[C@H]2OC(C)(C)O[C@H]21. The fourth-order valence-electron chi connectivity index (χ4n) is 4.98. The second kappa shape index (κ2) is 8.20. The molecule has 4 atom stereocenters. The minimum absolute atomic E-state index is 0.175. The number of hydrogen-bond acceptors (Lipinski definition) is 5. The van der Waals surface area contributed by atoms with Gasteiger partial charge in [-0.1, -0.05) is 87.5 Å². The van der Waals surface area contributed by atoms with Crippen molar-refractivity contribution in [3.63, 3.8) is 0 Å². The summed E-state index contributed by atoms with van der Waals surface area (Å²) in [4.78, 5) is 0. The summed E-state index contributed by atoms with van der Waals surface area (Å²) in [5.74, 6) is -0.823.